The Morgan fingerprint density at radius 3 is 2.56 bits per heavy atom. The number of aryl methyl sites for hydroxylation is 1. The van der Waals surface area contributed by atoms with Crippen LogP contribution < -0.4 is 10.8 Å². The third-order valence-electron chi connectivity index (χ3n) is 3.37. The molecule has 0 saturated heterocycles. The Morgan fingerprint density at radius 1 is 1.30 bits per heavy atom. The summed E-state index contributed by atoms with van der Waals surface area (Å²) >= 11 is 2.92. The van der Waals surface area contributed by atoms with E-state index in [-0.39, 0.29) is 21.5 Å². The predicted molar refractivity (Wildman–Crippen MR) is 105 cm³/mol. The van der Waals surface area contributed by atoms with Crippen LogP contribution >= 0.6 is 15.9 Å². The number of halogens is 3. The predicted octanol–water partition coefficient (Wildman–Crippen LogP) is 5.28. The molecule has 1 aromatic carbocycles. The lowest BCUT2D eigenvalue weighted by molar-refractivity contribution is -0.0589. The van der Waals surface area contributed by atoms with Crippen molar-refractivity contribution in [2.24, 2.45) is 0 Å². The van der Waals surface area contributed by atoms with Crippen molar-refractivity contribution in [1.82, 2.24) is 10.5 Å². The van der Waals surface area contributed by atoms with Gasteiger partial charge in [0.15, 0.2) is 11.6 Å². The Hall–Kier alpha value is -2.32. The first-order valence-electron chi connectivity index (χ1n) is 8.05. The second-order valence-electron chi connectivity index (χ2n) is 6.83. The summed E-state index contributed by atoms with van der Waals surface area (Å²) in [5.74, 6) is -2.85. The van der Waals surface area contributed by atoms with Crippen LogP contribution in [0, 0.1) is 18.6 Å². The zero-order chi connectivity index (χ0) is 20.4. The van der Waals surface area contributed by atoms with Crippen LogP contribution in [0.2, 0.25) is 0 Å². The molecule has 144 valence electrons. The Labute approximate surface area is 164 Å². The largest absolute Gasteiger partial charge is 0.337 e. The van der Waals surface area contributed by atoms with E-state index in [4.69, 9.17) is 4.84 Å². The smallest absolute Gasteiger partial charge is 0.277 e. The number of hydrogen-bond donors (Lipinski definition) is 2. The number of carbonyl (C=O) groups is 1. The maximum atomic E-state index is 14.6. The molecule has 0 aliphatic rings. The first-order valence-corrected chi connectivity index (χ1v) is 8.84. The molecule has 0 spiro atoms. The lowest BCUT2D eigenvalue weighted by Crippen LogP contribution is -2.34. The zero-order valence-electron chi connectivity index (χ0n) is 15.4. The van der Waals surface area contributed by atoms with Crippen molar-refractivity contribution in [1.29, 1.82) is 0 Å². The van der Waals surface area contributed by atoms with Gasteiger partial charge in [0, 0.05) is 11.8 Å². The topological polar surface area (TPSA) is 63.2 Å². The van der Waals surface area contributed by atoms with Gasteiger partial charge in [-0.3, -0.25) is 9.63 Å². The van der Waals surface area contributed by atoms with E-state index in [0.717, 1.165) is 5.56 Å². The molecule has 0 unspecified atom stereocenters. The van der Waals surface area contributed by atoms with Crippen molar-refractivity contribution in [3.63, 3.8) is 0 Å². The van der Waals surface area contributed by atoms with Gasteiger partial charge in [0.25, 0.3) is 5.91 Å². The molecule has 1 heterocycles. The first kappa shape index (κ1) is 21.0. The number of amides is 1. The number of carbonyl (C=O) groups excluding carboxylic acids is 1. The van der Waals surface area contributed by atoms with E-state index >= 15 is 0 Å². The van der Waals surface area contributed by atoms with E-state index in [1.54, 1.807) is 33.0 Å². The van der Waals surface area contributed by atoms with Gasteiger partial charge in [-0.1, -0.05) is 12.7 Å². The van der Waals surface area contributed by atoms with Gasteiger partial charge >= 0.3 is 0 Å². The van der Waals surface area contributed by atoms with Crippen LogP contribution in [-0.2, 0) is 4.84 Å². The molecule has 0 bridgehead atoms. The molecule has 0 aliphatic heterocycles. The van der Waals surface area contributed by atoms with Gasteiger partial charge in [0.05, 0.1) is 21.3 Å². The highest BCUT2D eigenvalue weighted by Gasteiger charge is 2.24. The van der Waals surface area contributed by atoms with Crippen molar-refractivity contribution in [3.8, 4) is 0 Å². The van der Waals surface area contributed by atoms with Gasteiger partial charge in [0.1, 0.15) is 5.82 Å². The van der Waals surface area contributed by atoms with Gasteiger partial charge in [-0.15, -0.1) is 0 Å². The summed E-state index contributed by atoms with van der Waals surface area (Å²) < 4.78 is 28.5. The average Bonchev–Trinajstić information content (AvgIpc) is 2.60. The molecular formula is C19H20BrF2N3O2. The van der Waals surface area contributed by atoms with Crippen LogP contribution in [0.25, 0.3) is 6.08 Å². The molecule has 1 amide bonds. The molecule has 2 rings (SSSR count). The standard InChI is InChI=1S/C19H20BrF2N3O2/c1-6-11-7-10(2)9-23-17(11)24-16-12(8-13(20)14(21)15(16)22)18(26)25-27-19(3,4)5/h6-9H,1H2,2-5H3,(H,23,24)(H,25,26). The molecule has 2 N–H and O–H groups in total. The minimum Gasteiger partial charge on any atom is -0.337 e. The van der Waals surface area contributed by atoms with Gasteiger partial charge in [-0.2, -0.15) is 0 Å². The maximum Gasteiger partial charge on any atom is 0.277 e. The summed E-state index contributed by atoms with van der Waals surface area (Å²) in [6, 6.07) is 2.95. The van der Waals surface area contributed by atoms with E-state index in [2.05, 4.69) is 38.3 Å². The third-order valence-corrected chi connectivity index (χ3v) is 3.95. The molecule has 5 nitrogen and oxygen atoms in total. The van der Waals surface area contributed by atoms with Crippen LogP contribution in [0.15, 0.2) is 29.4 Å². The lowest BCUT2D eigenvalue weighted by atomic mass is 10.1. The molecule has 0 fully saturated rings. The fraction of sp³-hybridized carbons (Fsp3) is 0.263. The van der Waals surface area contributed by atoms with E-state index in [9.17, 15) is 13.6 Å². The molecular weight excluding hydrogens is 420 g/mol. The number of rotatable bonds is 5. The SMILES string of the molecule is C=Cc1cc(C)cnc1Nc1c(C(=O)NOC(C)(C)C)cc(Br)c(F)c1F. The number of aromatic nitrogens is 1. The van der Waals surface area contributed by atoms with E-state index < -0.39 is 23.1 Å². The molecule has 0 radical (unpaired) electrons. The number of nitrogens with zero attached hydrogens (tertiary/aromatic N) is 1. The molecule has 1 aromatic heterocycles. The minimum atomic E-state index is -1.22. The summed E-state index contributed by atoms with van der Waals surface area (Å²) in [5.41, 5.74) is 2.53. The summed E-state index contributed by atoms with van der Waals surface area (Å²) in [6.45, 7) is 10.7. The van der Waals surface area contributed by atoms with Crippen LogP contribution in [0.5, 0.6) is 0 Å². The number of nitrogens with one attached hydrogen (secondary N) is 2. The molecule has 0 saturated carbocycles. The lowest BCUT2D eigenvalue weighted by Gasteiger charge is -2.20. The van der Waals surface area contributed by atoms with Crippen LogP contribution in [-0.4, -0.2) is 16.5 Å². The Bertz CT molecular complexity index is 895. The summed E-state index contributed by atoms with van der Waals surface area (Å²) in [7, 11) is 0. The summed E-state index contributed by atoms with van der Waals surface area (Å²) in [4.78, 5) is 21.9. The fourth-order valence-electron chi connectivity index (χ4n) is 2.12. The van der Waals surface area contributed by atoms with Gasteiger partial charge in [-0.05, 0) is 61.3 Å². The second-order valence-corrected chi connectivity index (χ2v) is 7.69. The zero-order valence-corrected chi connectivity index (χ0v) is 17.0. The first-order chi connectivity index (χ1) is 12.5. The molecule has 0 aliphatic carbocycles. The number of anilines is 2. The van der Waals surface area contributed by atoms with Gasteiger partial charge in [0.2, 0.25) is 0 Å². The minimum absolute atomic E-state index is 0.151. The van der Waals surface area contributed by atoms with Crippen molar-refractivity contribution in [3.05, 3.63) is 57.7 Å². The van der Waals surface area contributed by atoms with Crippen LogP contribution in [0.3, 0.4) is 0 Å². The van der Waals surface area contributed by atoms with E-state index in [0.29, 0.717) is 5.56 Å². The van der Waals surface area contributed by atoms with Crippen molar-refractivity contribution in [2.45, 2.75) is 33.3 Å². The van der Waals surface area contributed by atoms with Crippen LogP contribution in [0.4, 0.5) is 20.3 Å². The third kappa shape index (κ3) is 5.11. The Balaban J connectivity index is 2.50. The highest BCUT2D eigenvalue weighted by Crippen LogP contribution is 2.32. The van der Waals surface area contributed by atoms with E-state index in [1.807, 2.05) is 6.92 Å². The summed E-state index contributed by atoms with van der Waals surface area (Å²) in [6.07, 6.45) is 3.09. The second kappa shape index (κ2) is 8.14. The number of pyridine rings is 1. The molecule has 27 heavy (non-hydrogen) atoms. The van der Waals surface area contributed by atoms with Crippen molar-refractivity contribution < 1.29 is 18.4 Å². The molecule has 8 heteroatoms. The Morgan fingerprint density at radius 2 is 1.96 bits per heavy atom. The van der Waals surface area contributed by atoms with Crippen LogP contribution in [0.1, 0.15) is 42.3 Å². The quantitative estimate of drug-likeness (QED) is 0.491. The normalized spacial score (nSPS) is 11.2. The fourth-order valence-corrected chi connectivity index (χ4v) is 2.52. The van der Waals surface area contributed by atoms with E-state index in [1.165, 1.54) is 12.1 Å². The molecule has 2 aromatic rings. The highest BCUT2D eigenvalue weighted by atomic mass is 79.9. The maximum absolute atomic E-state index is 14.6. The molecule has 0 atom stereocenters. The average molecular weight is 440 g/mol. The number of hydrogen-bond acceptors (Lipinski definition) is 4. The van der Waals surface area contributed by atoms with Gasteiger partial charge < -0.3 is 5.32 Å². The van der Waals surface area contributed by atoms with Gasteiger partial charge in [-0.25, -0.2) is 19.2 Å². The number of hydroxylamine groups is 1. The number of benzene rings is 1. The summed E-state index contributed by atoms with van der Waals surface area (Å²) in [5, 5.41) is 2.70. The monoisotopic (exact) mass is 439 g/mol. The van der Waals surface area contributed by atoms with Crippen molar-refractivity contribution >= 4 is 39.4 Å². The highest BCUT2D eigenvalue weighted by molar-refractivity contribution is 9.10. The Kier molecular flexibility index (Phi) is 6.33. The van der Waals surface area contributed by atoms with Crippen molar-refractivity contribution in [2.75, 3.05) is 5.32 Å².